The number of benzene rings is 1. The number of halogens is 1. The largest absolute Gasteiger partial charge is 0.355 e. The molecular weight excluding hydrogens is 287 g/mol. The Bertz CT molecular complexity index is 571. The number of amides is 1. The molecule has 5 heteroatoms. The standard InChI is InChI=1S/C16H19FN2OS/c1-19(11-13-5-2-3-7-15(13)17)12-16(20)18-9-8-14-6-4-10-21-14/h2-7,10H,8-9,11-12H2,1H3,(H,18,20). The van der Waals surface area contributed by atoms with Gasteiger partial charge in [0.1, 0.15) is 5.82 Å². The van der Waals surface area contributed by atoms with E-state index in [-0.39, 0.29) is 18.3 Å². The van der Waals surface area contributed by atoms with Crippen molar-refractivity contribution in [1.29, 1.82) is 0 Å². The van der Waals surface area contributed by atoms with E-state index in [9.17, 15) is 9.18 Å². The molecule has 0 bridgehead atoms. The van der Waals surface area contributed by atoms with E-state index in [1.165, 1.54) is 10.9 Å². The van der Waals surface area contributed by atoms with Crippen LogP contribution in [0.1, 0.15) is 10.4 Å². The molecule has 0 aliphatic rings. The molecule has 0 unspecified atom stereocenters. The molecule has 3 nitrogen and oxygen atoms in total. The van der Waals surface area contributed by atoms with Crippen molar-refractivity contribution in [2.75, 3.05) is 20.1 Å². The van der Waals surface area contributed by atoms with Crippen molar-refractivity contribution in [1.82, 2.24) is 10.2 Å². The van der Waals surface area contributed by atoms with E-state index in [1.54, 1.807) is 34.4 Å². The van der Waals surface area contributed by atoms with Crippen LogP contribution >= 0.6 is 11.3 Å². The lowest BCUT2D eigenvalue weighted by Crippen LogP contribution is -2.35. The molecule has 1 aromatic heterocycles. The number of rotatable bonds is 7. The lowest BCUT2D eigenvalue weighted by molar-refractivity contribution is -0.122. The first-order valence-electron chi connectivity index (χ1n) is 6.86. The van der Waals surface area contributed by atoms with Crippen molar-refractivity contribution >= 4 is 17.2 Å². The number of carbonyl (C=O) groups is 1. The molecule has 0 aliphatic carbocycles. The second kappa shape index (κ2) is 7.90. The van der Waals surface area contributed by atoms with Gasteiger partial charge in [-0.3, -0.25) is 9.69 Å². The number of nitrogens with one attached hydrogen (secondary N) is 1. The Labute approximate surface area is 128 Å². The van der Waals surface area contributed by atoms with Crippen molar-refractivity contribution in [2.24, 2.45) is 0 Å². The summed E-state index contributed by atoms with van der Waals surface area (Å²) < 4.78 is 13.5. The van der Waals surface area contributed by atoms with Crippen molar-refractivity contribution in [3.63, 3.8) is 0 Å². The van der Waals surface area contributed by atoms with Crippen molar-refractivity contribution < 1.29 is 9.18 Å². The van der Waals surface area contributed by atoms with Crippen LogP contribution in [-0.4, -0.2) is 30.9 Å². The highest BCUT2D eigenvalue weighted by atomic mass is 32.1. The Morgan fingerprint density at radius 2 is 2.10 bits per heavy atom. The zero-order valence-corrected chi connectivity index (χ0v) is 12.8. The maximum Gasteiger partial charge on any atom is 0.234 e. The number of carbonyl (C=O) groups excluding carboxylic acids is 1. The van der Waals surface area contributed by atoms with Crippen LogP contribution in [0.2, 0.25) is 0 Å². The minimum atomic E-state index is -0.234. The van der Waals surface area contributed by atoms with E-state index in [0.717, 1.165) is 6.42 Å². The summed E-state index contributed by atoms with van der Waals surface area (Å²) >= 11 is 1.69. The third-order valence-corrected chi connectivity index (χ3v) is 4.02. The zero-order valence-electron chi connectivity index (χ0n) is 12.0. The quantitative estimate of drug-likeness (QED) is 0.853. The summed E-state index contributed by atoms with van der Waals surface area (Å²) in [4.78, 5) is 14.9. The summed E-state index contributed by atoms with van der Waals surface area (Å²) in [7, 11) is 1.81. The average molecular weight is 306 g/mol. The number of nitrogens with zero attached hydrogens (tertiary/aromatic N) is 1. The summed E-state index contributed by atoms with van der Waals surface area (Å²) in [6.07, 6.45) is 0.848. The van der Waals surface area contributed by atoms with Crippen LogP contribution < -0.4 is 5.32 Å². The van der Waals surface area contributed by atoms with Gasteiger partial charge in [0.05, 0.1) is 6.54 Å². The first-order chi connectivity index (χ1) is 10.1. The fourth-order valence-electron chi connectivity index (χ4n) is 2.05. The normalized spacial score (nSPS) is 10.8. The minimum Gasteiger partial charge on any atom is -0.355 e. The first-order valence-corrected chi connectivity index (χ1v) is 7.74. The number of hydrogen-bond donors (Lipinski definition) is 1. The molecule has 2 aromatic rings. The molecule has 0 aliphatic heterocycles. The van der Waals surface area contributed by atoms with Crippen LogP contribution in [0.25, 0.3) is 0 Å². The van der Waals surface area contributed by atoms with Crippen LogP contribution in [0.3, 0.4) is 0 Å². The Morgan fingerprint density at radius 1 is 1.29 bits per heavy atom. The fraction of sp³-hybridized carbons (Fsp3) is 0.312. The highest BCUT2D eigenvalue weighted by molar-refractivity contribution is 7.09. The Balaban J connectivity index is 1.71. The molecule has 1 heterocycles. The Kier molecular flexibility index (Phi) is 5.90. The molecule has 0 radical (unpaired) electrons. The van der Waals surface area contributed by atoms with Crippen LogP contribution in [0, 0.1) is 5.82 Å². The van der Waals surface area contributed by atoms with Gasteiger partial charge in [0, 0.05) is 23.5 Å². The Hall–Kier alpha value is -1.72. The SMILES string of the molecule is CN(CC(=O)NCCc1cccs1)Cc1ccccc1F. The lowest BCUT2D eigenvalue weighted by atomic mass is 10.2. The van der Waals surface area contributed by atoms with Crippen molar-refractivity contribution in [2.45, 2.75) is 13.0 Å². The van der Waals surface area contributed by atoms with Gasteiger partial charge in [-0.15, -0.1) is 11.3 Å². The molecule has 21 heavy (non-hydrogen) atoms. The molecule has 1 amide bonds. The number of likely N-dealkylation sites (N-methyl/N-ethyl adjacent to an activating group) is 1. The van der Waals surface area contributed by atoms with E-state index in [2.05, 4.69) is 11.4 Å². The highest BCUT2D eigenvalue weighted by Crippen LogP contribution is 2.09. The van der Waals surface area contributed by atoms with E-state index in [0.29, 0.717) is 18.7 Å². The third-order valence-electron chi connectivity index (χ3n) is 3.09. The summed E-state index contributed by atoms with van der Waals surface area (Å²) in [5.41, 5.74) is 0.603. The highest BCUT2D eigenvalue weighted by Gasteiger charge is 2.09. The van der Waals surface area contributed by atoms with Gasteiger partial charge in [-0.2, -0.15) is 0 Å². The fourth-order valence-corrected chi connectivity index (χ4v) is 2.76. The summed E-state index contributed by atoms with van der Waals surface area (Å²) in [6.45, 7) is 1.32. The molecular formula is C16H19FN2OS. The predicted octanol–water partition coefficient (Wildman–Crippen LogP) is 2.68. The van der Waals surface area contributed by atoms with Gasteiger partial charge in [-0.25, -0.2) is 4.39 Å². The summed E-state index contributed by atoms with van der Waals surface area (Å²) in [5.74, 6) is -0.271. The van der Waals surface area contributed by atoms with Gasteiger partial charge in [0.25, 0.3) is 0 Å². The first kappa shape index (κ1) is 15.7. The number of thiophene rings is 1. The smallest absolute Gasteiger partial charge is 0.234 e. The van der Waals surface area contributed by atoms with E-state index in [4.69, 9.17) is 0 Å². The maximum atomic E-state index is 13.5. The molecule has 0 saturated carbocycles. The molecule has 112 valence electrons. The van der Waals surface area contributed by atoms with Gasteiger partial charge < -0.3 is 5.32 Å². The van der Waals surface area contributed by atoms with Gasteiger partial charge >= 0.3 is 0 Å². The van der Waals surface area contributed by atoms with Gasteiger partial charge in [0.15, 0.2) is 0 Å². The van der Waals surface area contributed by atoms with Crippen LogP contribution in [0.15, 0.2) is 41.8 Å². The summed E-state index contributed by atoms with van der Waals surface area (Å²) in [5, 5.41) is 4.91. The maximum absolute atomic E-state index is 13.5. The molecule has 0 saturated heterocycles. The van der Waals surface area contributed by atoms with Gasteiger partial charge in [-0.1, -0.05) is 24.3 Å². The van der Waals surface area contributed by atoms with Crippen molar-refractivity contribution in [3.05, 3.63) is 58.0 Å². The molecule has 1 aromatic carbocycles. The van der Waals surface area contributed by atoms with Crippen LogP contribution in [-0.2, 0) is 17.8 Å². The Morgan fingerprint density at radius 3 is 2.81 bits per heavy atom. The van der Waals surface area contributed by atoms with E-state index >= 15 is 0 Å². The molecule has 2 rings (SSSR count). The minimum absolute atomic E-state index is 0.0367. The average Bonchev–Trinajstić information content (AvgIpc) is 2.94. The lowest BCUT2D eigenvalue weighted by Gasteiger charge is -2.16. The van der Waals surface area contributed by atoms with E-state index < -0.39 is 0 Å². The van der Waals surface area contributed by atoms with Crippen molar-refractivity contribution in [3.8, 4) is 0 Å². The molecule has 0 atom stereocenters. The van der Waals surface area contributed by atoms with Crippen LogP contribution in [0.5, 0.6) is 0 Å². The summed E-state index contributed by atoms with van der Waals surface area (Å²) in [6, 6.07) is 10.7. The predicted molar refractivity (Wildman–Crippen MR) is 83.8 cm³/mol. The van der Waals surface area contributed by atoms with Gasteiger partial charge in [-0.05, 0) is 31.0 Å². The second-order valence-corrected chi connectivity index (χ2v) is 5.98. The van der Waals surface area contributed by atoms with E-state index in [1.807, 2.05) is 18.5 Å². The number of hydrogen-bond acceptors (Lipinski definition) is 3. The second-order valence-electron chi connectivity index (χ2n) is 4.94. The monoisotopic (exact) mass is 306 g/mol. The molecule has 0 fully saturated rings. The molecule has 1 N–H and O–H groups in total. The molecule has 0 spiro atoms. The van der Waals surface area contributed by atoms with Gasteiger partial charge in [0.2, 0.25) is 5.91 Å². The third kappa shape index (κ3) is 5.28. The topological polar surface area (TPSA) is 32.3 Å². The van der Waals surface area contributed by atoms with Crippen LogP contribution in [0.4, 0.5) is 4.39 Å². The zero-order chi connectivity index (χ0) is 15.1.